The average Bonchev–Trinajstić information content (AvgIpc) is 3.25. The first-order valence-electron chi connectivity index (χ1n) is 7.80. The molecule has 2 aromatic heterocycles. The number of aryl methyl sites for hydroxylation is 1. The first-order chi connectivity index (χ1) is 11.1. The van der Waals surface area contributed by atoms with Gasteiger partial charge < -0.3 is 9.47 Å². The quantitative estimate of drug-likeness (QED) is 0.784. The third kappa shape index (κ3) is 3.30. The molecule has 1 unspecified atom stereocenters. The molecule has 124 valence electrons. The van der Waals surface area contributed by atoms with E-state index in [1.807, 2.05) is 30.8 Å². The minimum absolute atomic E-state index is 0.122. The fraction of sp³-hybridized carbons (Fsp3) is 0.562. The van der Waals surface area contributed by atoms with E-state index in [1.165, 1.54) is 11.3 Å². The second-order valence-corrected chi connectivity index (χ2v) is 6.80. The van der Waals surface area contributed by atoms with Crippen molar-refractivity contribution in [3.8, 4) is 0 Å². The third-order valence-electron chi connectivity index (χ3n) is 4.24. The molecule has 7 heteroatoms. The van der Waals surface area contributed by atoms with E-state index in [1.54, 1.807) is 13.3 Å². The van der Waals surface area contributed by atoms with Crippen molar-refractivity contribution in [2.75, 3.05) is 7.11 Å². The number of carbonyl (C=O) groups is 1. The van der Waals surface area contributed by atoms with E-state index < -0.39 is 0 Å². The summed E-state index contributed by atoms with van der Waals surface area (Å²) in [6.07, 6.45) is 6.31. The molecule has 0 amide bonds. The van der Waals surface area contributed by atoms with Crippen LogP contribution in [0.4, 0.5) is 0 Å². The number of aromatic nitrogens is 3. The van der Waals surface area contributed by atoms with Crippen molar-refractivity contribution in [3.05, 3.63) is 34.0 Å². The number of methoxy groups -OCH3 is 1. The van der Waals surface area contributed by atoms with Crippen LogP contribution in [0.1, 0.15) is 58.7 Å². The van der Waals surface area contributed by atoms with Crippen molar-refractivity contribution in [1.82, 2.24) is 14.8 Å². The van der Waals surface area contributed by atoms with E-state index in [0.29, 0.717) is 10.6 Å². The summed E-state index contributed by atoms with van der Waals surface area (Å²) >= 11 is 1.35. The summed E-state index contributed by atoms with van der Waals surface area (Å²) in [6.45, 7) is 3.75. The van der Waals surface area contributed by atoms with Gasteiger partial charge in [-0.3, -0.25) is 4.68 Å². The van der Waals surface area contributed by atoms with Crippen LogP contribution in [0, 0.1) is 6.92 Å². The van der Waals surface area contributed by atoms with Crippen LogP contribution in [0.3, 0.4) is 0 Å². The number of rotatable bonds is 5. The Bertz CT molecular complexity index is 668. The molecule has 0 aromatic carbocycles. The molecule has 0 bridgehead atoms. The Morgan fingerprint density at radius 3 is 3.00 bits per heavy atom. The third-order valence-corrected chi connectivity index (χ3v) is 5.54. The number of nitrogens with zero attached hydrogens (tertiary/aromatic N) is 3. The summed E-state index contributed by atoms with van der Waals surface area (Å²) in [7, 11) is 1.63. The summed E-state index contributed by atoms with van der Waals surface area (Å²) in [4.78, 5) is 17.5. The number of ether oxygens (including phenoxy) is 2. The van der Waals surface area contributed by atoms with Gasteiger partial charge >= 0.3 is 5.97 Å². The first-order valence-corrected chi connectivity index (χ1v) is 8.62. The summed E-state index contributed by atoms with van der Waals surface area (Å²) in [5.41, 5.74) is 0.701. The topological polar surface area (TPSA) is 66.2 Å². The van der Waals surface area contributed by atoms with Gasteiger partial charge in [0, 0.05) is 19.5 Å². The van der Waals surface area contributed by atoms with Crippen LogP contribution < -0.4 is 0 Å². The molecular formula is C16H21N3O3S. The minimum Gasteiger partial charge on any atom is -0.456 e. The van der Waals surface area contributed by atoms with E-state index in [9.17, 15) is 4.79 Å². The predicted molar refractivity (Wildman–Crippen MR) is 86.6 cm³/mol. The van der Waals surface area contributed by atoms with E-state index in [2.05, 4.69) is 10.1 Å². The van der Waals surface area contributed by atoms with E-state index in [0.717, 1.165) is 24.3 Å². The second-order valence-electron chi connectivity index (χ2n) is 5.77. The number of hydrogen-bond donors (Lipinski definition) is 0. The zero-order chi connectivity index (χ0) is 16.4. The maximum absolute atomic E-state index is 12.5. The molecule has 6 nitrogen and oxygen atoms in total. The largest absolute Gasteiger partial charge is 0.456 e. The Morgan fingerprint density at radius 2 is 2.30 bits per heavy atom. The molecular weight excluding hydrogens is 314 g/mol. The fourth-order valence-corrected chi connectivity index (χ4v) is 3.87. The number of carbonyl (C=O) groups excluding carboxylic acids is 1. The van der Waals surface area contributed by atoms with Crippen molar-refractivity contribution < 1.29 is 14.3 Å². The highest BCUT2D eigenvalue weighted by molar-refractivity contribution is 7.13. The van der Waals surface area contributed by atoms with Crippen LogP contribution in [0.15, 0.2) is 18.5 Å². The van der Waals surface area contributed by atoms with Gasteiger partial charge in [-0.25, -0.2) is 9.78 Å². The lowest BCUT2D eigenvalue weighted by atomic mass is 10.2. The van der Waals surface area contributed by atoms with Gasteiger partial charge in [-0.1, -0.05) is 0 Å². The van der Waals surface area contributed by atoms with E-state index >= 15 is 0 Å². The lowest BCUT2D eigenvalue weighted by Gasteiger charge is -2.20. The van der Waals surface area contributed by atoms with Crippen molar-refractivity contribution in [2.45, 2.75) is 51.4 Å². The smallest absolute Gasteiger partial charge is 0.350 e. The summed E-state index contributed by atoms with van der Waals surface area (Å²) < 4.78 is 12.9. The van der Waals surface area contributed by atoms with Crippen molar-refractivity contribution in [2.24, 2.45) is 0 Å². The van der Waals surface area contributed by atoms with E-state index in [-0.39, 0.29) is 24.2 Å². The normalized spacial score (nSPS) is 22.2. The van der Waals surface area contributed by atoms with Crippen LogP contribution in [-0.4, -0.2) is 33.9 Å². The van der Waals surface area contributed by atoms with E-state index in [4.69, 9.17) is 9.47 Å². The molecule has 1 aliphatic rings. The summed E-state index contributed by atoms with van der Waals surface area (Å²) in [5, 5.41) is 5.08. The Labute approximate surface area is 139 Å². The van der Waals surface area contributed by atoms with Crippen LogP contribution in [0.25, 0.3) is 0 Å². The number of thiazole rings is 1. The molecule has 0 N–H and O–H groups in total. The molecule has 2 aromatic rings. The molecule has 0 spiro atoms. The molecule has 0 saturated heterocycles. The standard InChI is InChI=1S/C16H21N3O3S/c1-10-14(23-15(18-10)11(2)21-3)16(20)22-13-7-4-6-12(13)19-9-5-8-17-19/h5,8-9,11-13H,4,6-7H2,1-3H3/t11?,12-,13-/m1/s1. The second kappa shape index (κ2) is 6.80. The Morgan fingerprint density at radius 1 is 1.48 bits per heavy atom. The van der Waals surface area contributed by atoms with Gasteiger partial charge in [0.25, 0.3) is 0 Å². The van der Waals surface area contributed by atoms with Gasteiger partial charge in [-0.05, 0) is 39.2 Å². The maximum atomic E-state index is 12.5. The lowest BCUT2D eigenvalue weighted by Crippen LogP contribution is -2.25. The molecule has 1 fully saturated rings. The molecule has 23 heavy (non-hydrogen) atoms. The SMILES string of the molecule is COC(C)c1nc(C)c(C(=O)O[C@@H]2CCC[C@H]2n2cccn2)s1. The zero-order valence-electron chi connectivity index (χ0n) is 13.6. The molecule has 3 atom stereocenters. The Hall–Kier alpha value is -1.73. The zero-order valence-corrected chi connectivity index (χ0v) is 14.4. The molecule has 0 radical (unpaired) electrons. The molecule has 2 heterocycles. The summed E-state index contributed by atoms with van der Waals surface area (Å²) in [6, 6.07) is 2.02. The van der Waals surface area contributed by atoms with Gasteiger partial charge in [-0.15, -0.1) is 11.3 Å². The van der Waals surface area contributed by atoms with Crippen LogP contribution in [0.2, 0.25) is 0 Å². The maximum Gasteiger partial charge on any atom is 0.350 e. The van der Waals surface area contributed by atoms with Gasteiger partial charge in [0.2, 0.25) is 0 Å². The lowest BCUT2D eigenvalue weighted by molar-refractivity contribution is 0.0214. The van der Waals surface area contributed by atoms with Gasteiger partial charge in [-0.2, -0.15) is 5.10 Å². The van der Waals surface area contributed by atoms with Gasteiger partial charge in [0.1, 0.15) is 22.1 Å². The average molecular weight is 335 g/mol. The van der Waals surface area contributed by atoms with Crippen molar-refractivity contribution in [1.29, 1.82) is 0 Å². The fourth-order valence-electron chi connectivity index (χ4n) is 2.90. The highest BCUT2D eigenvalue weighted by Crippen LogP contribution is 2.33. The number of hydrogen-bond acceptors (Lipinski definition) is 6. The molecule has 1 aliphatic carbocycles. The Balaban J connectivity index is 1.73. The molecule has 1 saturated carbocycles. The highest BCUT2D eigenvalue weighted by Gasteiger charge is 2.33. The molecule has 0 aliphatic heterocycles. The summed E-state index contributed by atoms with van der Waals surface area (Å²) in [5.74, 6) is -0.293. The van der Waals surface area contributed by atoms with Crippen molar-refractivity contribution in [3.63, 3.8) is 0 Å². The van der Waals surface area contributed by atoms with Crippen LogP contribution in [-0.2, 0) is 9.47 Å². The first kappa shape index (κ1) is 16.1. The molecule has 3 rings (SSSR count). The number of esters is 1. The Kier molecular flexibility index (Phi) is 4.77. The van der Waals surface area contributed by atoms with Crippen molar-refractivity contribution >= 4 is 17.3 Å². The minimum atomic E-state index is -0.293. The monoisotopic (exact) mass is 335 g/mol. The van der Waals surface area contributed by atoms with Crippen LogP contribution >= 0.6 is 11.3 Å². The van der Waals surface area contributed by atoms with Gasteiger partial charge in [0.15, 0.2) is 0 Å². The highest BCUT2D eigenvalue weighted by atomic mass is 32.1. The van der Waals surface area contributed by atoms with Gasteiger partial charge in [0.05, 0.1) is 11.7 Å². The predicted octanol–water partition coefficient (Wildman–Crippen LogP) is 3.31. The van der Waals surface area contributed by atoms with Crippen LogP contribution in [0.5, 0.6) is 0 Å².